The number of sulfonamides is 1. The highest BCUT2D eigenvalue weighted by Crippen LogP contribution is 2.24. The van der Waals surface area contributed by atoms with Crippen molar-refractivity contribution in [3.05, 3.63) is 58.8 Å². The minimum atomic E-state index is -3.40. The number of fused-ring (bicyclic) bond motifs is 1. The molecule has 0 N–H and O–H groups in total. The van der Waals surface area contributed by atoms with Gasteiger partial charge in [-0.25, -0.2) is 8.42 Å². The second kappa shape index (κ2) is 6.65. The van der Waals surface area contributed by atoms with Crippen molar-refractivity contribution in [3.8, 4) is 0 Å². The van der Waals surface area contributed by atoms with E-state index in [9.17, 15) is 13.2 Å². The zero-order chi connectivity index (χ0) is 18.2. The van der Waals surface area contributed by atoms with Gasteiger partial charge in [0, 0.05) is 24.8 Å². The lowest BCUT2D eigenvalue weighted by atomic mass is 10.1. The molecule has 132 valence electrons. The van der Waals surface area contributed by atoms with Gasteiger partial charge in [0.2, 0.25) is 0 Å². The van der Waals surface area contributed by atoms with Crippen LogP contribution >= 0.6 is 11.6 Å². The Kier molecular flexibility index (Phi) is 4.71. The summed E-state index contributed by atoms with van der Waals surface area (Å²) in [5, 5.41) is 0.623. The summed E-state index contributed by atoms with van der Waals surface area (Å²) in [6.07, 6.45) is 4.80. The summed E-state index contributed by atoms with van der Waals surface area (Å²) >= 11 is 6.03. The summed E-state index contributed by atoms with van der Waals surface area (Å²) in [6, 6.07) is 7.24. The molecule has 2 aliphatic rings. The molecule has 1 unspecified atom stereocenters. The Balaban J connectivity index is 1.80. The molecule has 3 rings (SSSR count). The van der Waals surface area contributed by atoms with Gasteiger partial charge in [0.1, 0.15) is 5.84 Å². The number of rotatable bonds is 3. The van der Waals surface area contributed by atoms with Crippen molar-refractivity contribution < 1.29 is 13.2 Å². The van der Waals surface area contributed by atoms with E-state index >= 15 is 0 Å². The molecule has 1 aromatic rings. The molecular formula is C17H18ClN3O3S. The number of hydrogen-bond donors (Lipinski definition) is 0. The molecule has 1 aromatic carbocycles. The minimum absolute atomic E-state index is 0.0585. The molecule has 2 heterocycles. The molecule has 2 aliphatic heterocycles. The lowest BCUT2D eigenvalue weighted by molar-refractivity contribution is -0.127. The van der Waals surface area contributed by atoms with Crippen molar-refractivity contribution in [2.75, 3.05) is 19.3 Å². The number of nitrogens with zero attached hydrogens (tertiary/aromatic N) is 3. The molecule has 0 radical (unpaired) electrons. The van der Waals surface area contributed by atoms with Gasteiger partial charge in [0.05, 0.1) is 17.4 Å². The minimum Gasteiger partial charge on any atom is -0.335 e. The van der Waals surface area contributed by atoms with Gasteiger partial charge < -0.3 is 9.80 Å². The van der Waals surface area contributed by atoms with Gasteiger partial charge >= 0.3 is 0 Å². The van der Waals surface area contributed by atoms with Crippen LogP contribution in [-0.2, 0) is 14.8 Å². The predicted molar refractivity (Wildman–Crippen MR) is 97.8 cm³/mol. The predicted octanol–water partition coefficient (Wildman–Crippen LogP) is 2.36. The van der Waals surface area contributed by atoms with Crippen LogP contribution in [0.2, 0.25) is 5.02 Å². The first kappa shape index (κ1) is 17.7. The molecule has 0 saturated heterocycles. The van der Waals surface area contributed by atoms with Crippen LogP contribution in [0.4, 0.5) is 0 Å². The third-order valence-electron chi connectivity index (χ3n) is 4.30. The maximum atomic E-state index is 12.8. The molecule has 0 aromatic heterocycles. The highest BCUT2D eigenvalue weighted by atomic mass is 35.5. The first-order chi connectivity index (χ1) is 11.8. The zero-order valence-corrected chi connectivity index (χ0v) is 15.5. The van der Waals surface area contributed by atoms with Crippen molar-refractivity contribution in [3.63, 3.8) is 0 Å². The van der Waals surface area contributed by atoms with Crippen LogP contribution in [0, 0.1) is 0 Å². The standard InChI is InChI=1S/C17H18ClN3O3S/c1-12(13-4-3-5-15(18)10-13)20(2)17(22)14-6-7-16-19-25(23,24)9-8-21(16)11-14/h3-7,10-12H,8-9H2,1-2H3. The summed E-state index contributed by atoms with van der Waals surface area (Å²) in [5.41, 5.74) is 1.42. The zero-order valence-electron chi connectivity index (χ0n) is 13.9. The molecule has 1 atom stereocenters. The second-order valence-electron chi connectivity index (χ2n) is 5.99. The third kappa shape index (κ3) is 3.77. The van der Waals surface area contributed by atoms with E-state index in [4.69, 9.17) is 11.6 Å². The van der Waals surface area contributed by atoms with Crippen molar-refractivity contribution in [2.24, 2.45) is 4.40 Å². The van der Waals surface area contributed by atoms with E-state index in [0.29, 0.717) is 16.4 Å². The maximum Gasteiger partial charge on any atom is 0.256 e. The Hall–Kier alpha value is -2.12. The van der Waals surface area contributed by atoms with E-state index in [1.165, 1.54) is 0 Å². The largest absolute Gasteiger partial charge is 0.335 e. The van der Waals surface area contributed by atoms with Crippen LogP contribution in [0.15, 0.2) is 52.6 Å². The highest BCUT2D eigenvalue weighted by Gasteiger charge is 2.27. The third-order valence-corrected chi connectivity index (χ3v) is 5.70. The molecule has 25 heavy (non-hydrogen) atoms. The molecule has 8 heteroatoms. The number of likely N-dealkylation sites (N-methyl/N-ethyl adjacent to an activating group) is 1. The van der Waals surface area contributed by atoms with E-state index in [1.807, 2.05) is 25.1 Å². The van der Waals surface area contributed by atoms with E-state index in [1.54, 1.807) is 41.3 Å². The first-order valence-electron chi connectivity index (χ1n) is 7.79. The van der Waals surface area contributed by atoms with Gasteiger partial charge in [-0.1, -0.05) is 23.7 Å². The summed E-state index contributed by atoms with van der Waals surface area (Å²) < 4.78 is 26.8. The topological polar surface area (TPSA) is 70.1 Å². The van der Waals surface area contributed by atoms with Crippen LogP contribution in [0.1, 0.15) is 18.5 Å². The summed E-state index contributed by atoms with van der Waals surface area (Å²) in [4.78, 5) is 16.1. The second-order valence-corrected chi connectivity index (χ2v) is 8.18. The fraction of sp³-hybridized carbons (Fsp3) is 0.294. The number of carbonyl (C=O) groups is 1. The van der Waals surface area contributed by atoms with Crippen molar-refractivity contribution >= 4 is 33.4 Å². The SMILES string of the molecule is CC(c1cccc(Cl)c1)N(C)C(=O)C1=CN2CCS(=O)(=O)N=C2C=C1. The average molecular weight is 380 g/mol. The van der Waals surface area contributed by atoms with Crippen LogP contribution in [0.5, 0.6) is 0 Å². The molecule has 0 saturated carbocycles. The fourth-order valence-electron chi connectivity index (χ4n) is 2.70. The van der Waals surface area contributed by atoms with Gasteiger partial charge in [-0.05, 0) is 36.8 Å². The number of benzene rings is 1. The highest BCUT2D eigenvalue weighted by molar-refractivity contribution is 7.90. The van der Waals surface area contributed by atoms with Crippen LogP contribution in [0.3, 0.4) is 0 Å². The van der Waals surface area contributed by atoms with E-state index in [-0.39, 0.29) is 24.2 Å². The lowest BCUT2D eigenvalue weighted by Crippen LogP contribution is -2.38. The maximum absolute atomic E-state index is 12.8. The van der Waals surface area contributed by atoms with E-state index in [2.05, 4.69) is 4.40 Å². The Morgan fingerprint density at radius 3 is 2.84 bits per heavy atom. The number of halogens is 1. The molecule has 6 nitrogen and oxygen atoms in total. The quantitative estimate of drug-likeness (QED) is 0.808. The number of hydrogen-bond acceptors (Lipinski definition) is 4. The van der Waals surface area contributed by atoms with E-state index < -0.39 is 10.0 Å². The van der Waals surface area contributed by atoms with Gasteiger partial charge in [0.15, 0.2) is 0 Å². The normalized spacial score (nSPS) is 19.6. The van der Waals surface area contributed by atoms with Crippen LogP contribution in [0.25, 0.3) is 0 Å². The molecule has 1 amide bonds. The molecule has 0 bridgehead atoms. The Morgan fingerprint density at radius 1 is 1.36 bits per heavy atom. The fourth-order valence-corrected chi connectivity index (χ4v) is 3.87. The van der Waals surface area contributed by atoms with Crippen LogP contribution in [-0.4, -0.2) is 49.3 Å². The van der Waals surface area contributed by atoms with Crippen LogP contribution < -0.4 is 0 Å². The molecule has 0 spiro atoms. The molecular weight excluding hydrogens is 362 g/mol. The Morgan fingerprint density at radius 2 is 2.12 bits per heavy atom. The summed E-state index contributed by atoms with van der Waals surface area (Å²) in [7, 11) is -1.67. The van der Waals surface area contributed by atoms with Gasteiger partial charge in [-0.3, -0.25) is 4.79 Å². The molecule has 0 aliphatic carbocycles. The Labute approximate surface area is 152 Å². The van der Waals surface area contributed by atoms with Crippen molar-refractivity contribution in [2.45, 2.75) is 13.0 Å². The van der Waals surface area contributed by atoms with Gasteiger partial charge in [0.25, 0.3) is 15.9 Å². The van der Waals surface area contributed by atoms with E-state index in [0.717, 1.165) is 5.56 Å². The monoisotopic (exact) mass is 379 g/mol. The number of carbonyl (C=O) groups excluding carboxylic acids is 1. The average Bonchev–Trinajstić information content (AvgIpc) is 2.58. The summed E-state index contributed by atoms with van der Waals surface area (Å²) in [6.45, 7) is 2.22. The number of amides is 1. The first-order valence-corrected chi connectivity index (χ1v) is 9.77. The van der Waals surface area contributed by atoms with Crippen molar-refractivity contribution in [1.82, 2.24) is 9.80 Å². The number of amidine groups is 1. The van der Waals surface area contributed by atoms with Gasteiger partial charge in [-0.15, -0.1) is 4.40 Å². The molecule has 0 fully saturated rings. The van der Waals surface area contributed by atoms with Gasteiger partial charge in [-0.2, -0.15) is 0 Å². The summed E-state index contributed by atoms with van der Waals surface area (Å²) in [5.74, 6) is 0.126. The smallest absolute Gasteiger partial charge is 0.256 e. The van der Waals surface area contributed by atoms with Crippen molar-refractivity contribution in [1.29, 1.82) is 0 Å². The lowest BCUT2D eigenvalue weighted by Gasteiger charge is -2.30. The Bertz CT molecular complexity index is 905.